The molecule has 1 fully saturated rings. The van der Waals surface area contributed by atoms with Crippen LogP contribution >= 0.6 is 0 Å². The molecule has 0 N–H and O–H groups in total. The lowest BCUT2D eigenvalue weighted by Crippen LogP contribution is -2.25. The molecule has 0 amide bonds. The molecule has 1 saturated carbocycles. The smallest absolute Gasteiger partial charge is 0.163 e. The third-order valence-corrected chi connectivity index (χ3v) is 4.85. The Kier molecular flexibility index (Phi) is 4.09. The van der Waals surface area contributed by atoms with E-state index in [1.807, 2.05) is 12.1 Å². The van der Waals surface area contributed by atoms with E-state index >= 15 is 0 Å². The molecular formula is C18H24O2. The first-order valence-corrected chi connectivity index (χ1v) is 8.09. The molecule has 1 aromatic rings. The van der Waals surface area contributed by atoms with Gasteiger partial charge in [0.25, 0.3) is 0 Å². The molecule has 0 radical (unpaired) electrons. The zero-order valence-electron chi connectivity index (χ0n) is 12.4. The van der Waals surface area contributed by atoms with Crippen molar-refractivity contribution in [2.75, 3.05) is 0 Å². The second-order valence-corrected chi connectivity index (χ2v) is 6.28. The number of aryl methyl sites for hydroxylation is 1. The largest absolute Gasteiger partial charge is 0.490 e. The van der Waals surface area contributed by atoms with Crippen molar-refractivity contribution in [3.8, 4) is 5.75 Å². The van der Waals surface area contributed by atoms with Gasteiger partial charge >= 0.3 is 0 Å². The van der Waals surface area contributed by atoms with Crippen molar-refractivity contribution >= 4 is 5.78 Å². The quantitative estimate of drug-likeness (QED) is 0.806. The Bertz CT molecular complexity index is 492. The first kappa shape index (κ1) is 13.7. The first-order chi connectivity index (χ1) is 9.76. The number of Topliss-reactive ketones (excluding diaryl/α,β-unsaturated/α-hetero) is 1. The Morgan fingerprint density at radius 3 is 2.95 bits per heavy atom. The fourth-order valence-corrected chi connectivity index (χ4v) is 3.59. The lowest BCUT2D eigenvalue weighted by atomic mass is 9.85. The van der Waals surface area contributed by atoms with E-state index in [1.54, 1.807) is 0 Å². The van der Waals surface area contributed by atoms with Crippen LogP contribution in [-0.4, -0.2) is 11.9 Å². The summed E-state index contributed by atoms with van der Waals surface area (Å²) in [4.78, 5) is 12.0. The molecule has 0 aromatic heterocycles. The highest BCUT2D eigenvalue weighted by atomic mass is 16.5. The second-order valence-electron chi connectivity index (χ2n) is 6.28. The summed E-state index contributed by atoms with van der Waals surface area (Å²) in [5, 5.41) is 0. The maximum absolute atomic E-state index is 12.0. The van der Waals surface area contributed by atoms with Gasteiger partial charge in [0.1, 0.15) is 5.75 Å². The molecule has 0 bridgehead atoms. The summed E-state index contributed by atoms with van der Waals surface area (Å²) in [7, 11) is 0. The summed E-state index contributed by atoms with van der Waals surface area (Å²) < 4.78 is 6.15. The van der Waals surface area contributed by atoms with Crippen LogP contribution in [0.1, 0.15) is 67.8 Å². The molecule has 3 rings (SSSR count). The molecule has 1 aromatic carbocycles. The highest BCUT2D eigenvalue weighted by Crippen LogP contribution is 2.31. The number of ketones is 1. The van der Waals surface area contributed by atoms with Crippen LogP contribution in [0.4, 0.5) is 0 Å². The van der Waals surface area contributed by atoms with Gasteiger partial charge in [-0.2, -0.15) is 0 Å². The Morgan fingerprint density at radius 2 is 2.10 bits per heavy atom. The zero-order valence-corrected chi connectivity index (χ0v) is 12.4. The summed E-state index contributed by atoms with van der Waals surface area (Å²) in [6, 6.07) is 6.11. The van der Waals surface area contributed by atoms with Crippen molar-refractivity contribution in [3.63, 3.8) is 0 Å². The van der Waals surface area contributed by atoms with Gasteiger partial charge in [0, 0.05) is 12.0 Å². The number of benzene rings is 1. The van der Waals surface area contributed by atoms with Crippen LogP contribution in [0.15, 0.2) is 18.2 Å². The SMILES string of the molecule is CCC1CCCC(Oc2ccc3c(c2)C(=O)CCC3)C1. The summed E-state index contributed by atoms with van der Waals surface area (Å²) in [6.45, 7) is 2.27. The molecule has 0 saturated heterocycles. The van der Waals surface area contributed by atoms with E-state index in [1.165, 1.54) is 31.2 Å². The summed E-state index contributed by atoms with van der Waals surface area (Å²) >= 11 is 0. The molecule has 0 aliphatic heterocycles. The lowest BCUT2D eigenvalue weighted by Gasteiger charge is -2.29. The zero-order chi connectivity index (χ0) is 13.9. The second kappa shape index (κ2) is 5.99. The predicted molar refractivity (Wildman–Crippen MR) is 80.4 cm³/mol. The van der Waals surface area contributed by atoms with E-state index in [-0.39, 0.29) is 5.78 Å². The van der Waals surface area contributed by atoms with Gasteiger partial charge in [-0.1, -0.05) is 25.8 Å². The van der Waals surface area contributed by atoms with Crippen LogP contribution in [0.2, 0.25) is 0 Å². The molecule has 2 aliphatic carbocycles. The average Bonchev–Trinajstić information content (AvgIpc) is 2.48. The summed E-state index contributed by atoms with van der Waals surface area (Å²) in [5.74, 6) is 1.99. The lowest BCUT2D eigenvalue weighted by molar-refractivity contribution is 0.0969. The number of fused-ring (bicyclic) bond motifs is 1. The van der Waals surface area contributed by atoms with E-state index in [2.05, 4.69) is 13.0 Å². The van der Waals surface area contributed by atoms with Gasteiger partial charge in [0.15, 0.2) is 5.78 Å². The van der Waals surface area contributed by atoms with Gasteiger partial charge in [0.05, 0.1) is 6.10 Å². The molecular weight excluding hydrogens is 248 g/mol. The Labute approximate surface area is 121 Å². The number of hydrogen-bond acceptors (Lipinski definition) is 2. The van der Waals surface area contributed by atoms with Crippen molar-refractivity contribution in [3.05, 3.63) is 29.3 Å². The fourth-order valence-electron chi connectivity index (χ4n) is 3.59. The van der Waals surface area contributed by atoms with Crippen molar-refractivity contribution < 1.29 is 9.53 Å². The van der Waals surface area contributed by atoms with Crippen molar-refractivity contribution in [1.82, 2.24) is 0 Å². The Hall–Kier alpha value is -1.31. The molecule has 0 spiro atoms. The highest BCUT2D eigenvalue weighted by Gasteiger charge is 2.23. The van der Waals surface area contributed by atoms with Gasteiger partial charge in [-0.25, -0.2) is 0 Å². The third kappa shape index (κ3) is 2.89. The minimum Gasteiger partial charge on any atom is -0.490 e. The molecule has 2 nitrogen and oxygen atoms in total. The van der Waals surface area contributed by atoms with E-state index in [0.29, 0.717) is 12.5 Å². The highest BCUT2D eigenvalue weighted by molar-refractivity contribution is 5.98. The molecule has 2 unspecified atom stereocenters. The predicted octanol–water partition coefficient (Wildman–Crippen LogP) is 4.55. The normalized spacial score (nSPS) is 26.1. The maximum atomic E-state index is 12.0. The van der Waals surface area contributed by atoms with Gasteiger partial charge < -0.3 is 4.74 Å². The molecule has 2 heteroatoms. The van der Waals surface area contributed by atoms with Gasteiger partial charge in [-0.3, -0.25) is 4.79 Å². The minimum atomic E-state index is 0.284. The maximum Gasteiger partial charge on any atom is 0.163 e. The standard InChI is InChI=1S/C18H24O2/c1-2-13-5-3-7-15(11-13)20-16-10-9-14-6-4-8-18(19)17(14)12-16/h9-10,12-13,15H,2-8,11H2,1H3. The molecule has 0 heterocycles. The number of rotatable bonds is 3. The van der Waals surface area contributed by atoms with E-state index in [9.17, 15) is 4.79 Å². The van der Waals surface area contributed by atoms with Crippen LogP contribution in [0.5, 0.6) is 5.75 Å². The van der Waals surface area contributed by atoms with Crippen LogP contribution in [0.3, 0.4) is 0 Å². The van der Waals surface area contributed by atoms with Crippen molar-refractivity contribution in [2.45, 2.75) is 64.4 Å². The molecule has 20 heavy (non-hydrogen) atoms. The number of carbonyl (C=O) groups excluding carboxylic acids is 1. The van der Waals surface area contributed by atoms with Crippen LogP contribution in [0.25, 0.3) is 0 Å². The fraction of sp³-hybridized carbons (Fsp3) is 0.611. The summed E-state index contributed by atoms with van der Waals surface area (Å²) in [6.07, 6.45) is 9.25. The van der Waals surface area contributed by atoms with E-state index in [0.717, 1.165) is 36.5 Å². The molecule has 2 atom stereocenters. The van der Waals surface area contributed by atoms with Crippen LogP contribution < -0.4 is 4.74 Å². The Morgan fingerprint density at radius 1 is 1.20 bits per heavy atom. The van der Waals surface area contributed by atoms with Crippen LogP contribution in [0, 0.1) is 5.92 Å². The Balaban J connectivity index is 1.71. The topological polar surface area (TPSA) is 26.3 Å². The summed E-state index contributed by atoms with van der Waals surface area (Å²) in [5.41, 5.74) is 2.10. The van der Waals surface area contributed by atoms with Crippen molar-refractivity contribution in [1.29, 1.82) is 0 Å². The van der Waals surface area contributed by atoms with Gasteiger partial charge in [-0.15, -0.1) is 0 Å². The molecule has 2 aliphatic rings. The van der Waals surface area contributed by atoms with E-state index in [4.69, 9.17) is 4.74 Å². The molecule has 108 valence electrons. The first-order valence-electron chi connectivity index (χ1n) is 8.09. The van der Waals surface area contributed by atoms with Crippen LogP contribution in [-0.2, 0) is 6.42 Å². The average molecular weight is 272 g/mol. The number of hydrogen-bond donors (Lipinski definition) is 0. The monoisotopic (exact) mass is 272 g/mol. The third-order valence-electron chi connectivity index (χ3n) is 4.85. The number of ether oxygens (including phenoxy) is 1. The minimum absolute atomic E-state index is 0.284. The van der Waals surface area contributed by atoms with Gasteiger partial charge in [-0.05, 0) is 55.7 Å². The van der Waals surface area contributed by atoms with E-state index < -0.39 is 0 Å². The van der Waals surface area contributed by atoms with Crippen molar-refractivity contribution in [2.24, 2.45) is 5.92 Å². The number of carbonyl (C=O) groups is 1. The van der Waals surface area contributed by atoms with Gasteiger partial charge in [0.2, 0.25) is 0 Å².